The van der Waals surface area contributed by atoms with E-state index in [-0.39, 0.29) is 0 Å². The molecule has 88 valence electrons. The molecule has 3 heteroatoms. The number of benzene rings is 1. The minimum Gasteiger partial charge on any atom is -0.361 e. The van der Waals surface area contributed by atoms with Crippen molar-refractivity contribution in [2.75, 3.05) is 6.54 Å². The molecule has 17 heavy (non-hydrogen) atoms. The molecule has 2 aromatic rings. The van der Waals surface area contributed by atoms with Crippen LogP contribution in [0.3, 0.4) is 0 Å². The molecule has 1 aliphatic rings. The monoisotopic (exact) mass is 228 g/mol. The molecular weight excluding hydrogens is 212 g/mol. The Bertz CT molecular complexity index is 538. The zero-order chi connectivity index (χ0) is 11.8. The summed E-state index contributed by atoms with van der Waals surface area (Å²) in [4.78, 5) is 0. The molecule has 0 saturated carbocycles. The Morgan fingerprint density at radius 1 is 1.24 bits per heavy atom. The second-order valence-electron chi connectivity index (χ2n) is 4.61. The number of fused-ring (bicyclic) bond motifs is 1. The molecule has 0 unspecified atom stereocenters. The van der Waals surface area contributed by atoms with Crippen LogP contribution in [0, 0.1) is 13.8 Å². The molecule has 1 N–H and O–H groups in total. The van der Waals surface area contributed by atoms with Gasteiger partial charge in [-0.15, -0.1) is 0 Å². The van der Waals surface area contributed by atoms with E-state index < -0.39 is 0 Å². The molecule has 0 radical (unpaired) electrons. The quantitative estimate of drug-likeness (QED) is 0.815. The summed E-state index contributed by atoms with van der Waals surface area (Å²) in [6, 6.07) is 6.67. The number of rotatable bonds is 1. The zero-order valence-electron chi connectivity index (χ0n) is 10.2. The van der Waals surface area contributed by atoms with Crippen molar-refractivity contribution in [2.45, 2.75) is 26.8 Å². The Balaban J connectivity index is 2.10. The van der Waals surface area contributed by atoms with Crippen molar-refractivity contribution in [3.8, 4) is 11.1 Å². The molecule has 0 saturated heterocycles. The van der Waals surface area contributed by atoms with Crippen LogP contribution in [-0.4, -0.2) is 11.7 Å². The fourth-order valence-corrected chi connectivity index (χ4v) is 2.53. The zero-order valence-corrected chi connectivity index (χ0v) is 10.2. The molecule has 1 aromatic carbocycles. The van der Waals surface area contributed by atoms with Gasteiger partial charge in [-0.2, -0.15) is 0 Å². The number of aryl methyl sites for hydroxylation is 2. The van der Waals surface area contributed by atoms with E-state index in [4.69, 9.17) is 4.52 Å². The van der Waals surface area contributed by atoms with E-state index in [0.29, 0.717) is 0 Å². The van der Waals surface area contributed by atoms with Crippen LogP contribution in [0.25, 0.3) is 11.1 Å². The number of nitrogens with zero attached hydrogens (tertiary/aromatic N) is 1. The van der Waals surface area contributed by atoms with E-state index in [1.54, 1.807) is 0 Å². The Hall–Kier alpha value is -1.61. The molecule has 0 amide bonds. The van der Waals surface area contributed by atoms with Gasteiger partial charge < -0.3 is 9.84 Å². The number of hydrogen-bond donors (Lipinski definition) is 1. The molecular formula is C14H16N2O. The Morgan fingerprint density at radius 3 is 2.88 bits per heavy atom. The third-order valence-electron chi connectivity index (χ3n) is 3.41. The molecule has 1 aliphatic heterocycles. The van der Waals surface area contributed by atoms with Gasteiger partial charge >= 0.3 is 0 Å². The van der Waals surface area contributed by atoms with Crippen molar-refractivity contribution in [3.63, 3.8) is 0 Å². The van der Waals surface area contributed by atoms with Gasteiger partial charge in [0.25, 0.3) is 0 Å². The summed E-state index contributed by atoms with van der Waals surface area (Å²) >= 11 is 0. The normalized spacial score (nSPS) is 14.7. The molecule has 0 bridgehead atoms. The number of hydrogen-bond acceptors (Lipinski definition) is 3. The first-order chi connectivity index (χ1) is 8.25. The maximum Gasteiger partial charge on any atom is 0.141 e. The molecule has 0 aliphatic carbocycles. The number of aromatic nitrogens is 1. The van der Waals surface area contributed by atoms with Crippen LogP contribution in [0.1, 0.15) is 22.6 Å². The Morgan fingerprint density at radius 2 is 2.12 bits per heavy atom. The molecule has 3 nitrogen and oxygen atoms in total. The molecule has 3 rings (SSSR count). The highest BCUT2D eigenvalue weighted by Crippen LogP contribution is 2.29. The highest BCUT2D eigenvalue weighted by atomic mass is 16.5. The standard InChI is InChI=1S/C14H16N2O/c1-9-14(10(2)17-16-9)12-4-3-11-5-6-15-8-13(11)7-12/h3-4,7,15H,5-6,8H2,1-2H3. The third-order valence-corrected chi connectivity index (χ3v) is 3.41. The van der Waals surface area contributed by atoms with Crippen molar-refractivity contribution in [1.29, 1.82) is 0 Å². The fourth-order valence-electron chi connectivity index (χ4n) is 2.53. The number of nitrogens with one attached hydrogen (secondary N) is 1. The summed E-state index contributed by atoms with van der Waals surface area (Å²) in [5.41, 5.74) is 6.17. The topological polar surface area (TPSA) is 38.1 Å². The highest BCUT2D eigenvalue weighted by Gasteiger charge is 2.14. The molecule has 0 fully saturated rings. The van der Waals surface area contributed by atoms with Crippen molar-refractivity contribution in [1.82, 2.24) is 10.5 Å². The first-order valence-electron chi connectivity index (χ1n) is 6.01. The maximum absolute atomic E-state index is 5.23. The van der Waals surface area contributed by atoms with Gasteiger partial charge in [0.2, 0.25) is 0 Å². The van der Waals surface area contributed by atoms with Crippen LogP contribution < -0.4 is 5.32 Å². The lowest BCUT2D eigenvalue weighted by Crippen LogP contribution is -2.23. The third kappa shape index (κ3) is 1.76. The molecule has 0 atom stereocenters. The van der Waals surface area contributed by atoms with Crippen molar-refractivity contribution >= 4 is 0 Å². The summed E-state index contributed by atoms with van der Waals surface area (Å²) < 4.78 is 5.23. The van der Waals surface area contributed by atoms with Gasteiger partial charge in [0, 0.05) is 12.1 Å². The van der Waals surface area contributed by atoms with Gasteiger partial charge in [0.1, 0.15) is 5.76 Å². The van der Waals surface area contributed by atoms with Crippen molar-refractivity contribution in [2.24, 2.45) is 0 Å². The van der Waals surface area contributed by atoms with E-state index >= 15 is 0 Å². The lowest BCUT2D eigenvalue weighted by molar-refractivity contribution is 0.393. The lowest BCUT2D eigenvalue weighted by Gasteiger charge is -2.17. The predicted octanol–water partition coefficient (Wildman–Crippen LogP) is 2.60. The van der Waals surface area contributed by atoms with Gasteiger partial charge in [-0.3, -0.25) is 0 Å². The SMILES string of the molecule is Cc1noc(C)c1-c1ccc2c(c1)CNCC2. The molecule has 0 spiro atoms. The van der Waals surface area contributed by atoms with Crippen LogP contribution in [0.5, 0.6) is 0 Å². The molecule has 1 aromatic heterocycles. The van der Waals surface area contributed by atoms with Crippen molar-refractivity contribution < 1.29 is 4.52 Å². The van der Waals surface area contributed by atoms with E-state index in [0.717, 1.165) is 36.5 Å². The summed E-state index contributed by atoms with van der Waals surface area (Å²) in [6.45, 7) is 6.00. The van der Waals surface area contributed by atoms with E-state index in [9.17, 15) is 0 Å². The molecule has 2 heterocycles. The van der Waals surface area contributed by atoms with Gasteiger partial charge in [0.15, 0.2) is 0 Å². The van der Waals surface area contributed by atoms with E-state index in [1.807, 2.05) is 13.8 Å². The second-order valence-corrected chi connectivity index (χ2v) is 4.61. The van der Waals surface area contributed by atoms with Crippen LogP contribution in [0.15, 0.2) is 22.7 Å². The van der Waals surface area contributed by atoms with Gasteiger partial charge in [-0.1, -0.05) is 17.3 Å². The first kappa shape index (κ1) is 10.5. The highest BCUT2D eigenvalue weighted by molar-refractivity contribution is 5.68. The summed E-state index contributed by atoms with van der Waals surface area (Å²) in [6.07, 6.45) is 1.12. The smallest absolute Gasteiger partial charge is 0.141 e. The summed E-state index contributed by atoms with van der Waals surface area (Å²) in [7, 11) is 0. The average Bonchev–Trinajstić information content (AvgIpc) is 2.68. The largest absolute Gasteiger partial charge is 0.361 e. The van der Waals surface area contributed by atoms with Gasteiger partial charge in [0.05, 0.1) is 5.69 Å². The Labute approximate surface area is 101 Å². The minimum absolute atomic E-state index is 0.895. The minimum atomic E-state index is 0.895. The van der Waals surface area contributed by atoms with E-state index in [1.165, 1.54) is 16.7 Å². The summed E-state index contributed by atoms with van der Waals surface area (Å²) in [5.74, 6) is 0.895. The lowest BCUT2D eigenvalue weighted by atomic mass is 9.95. The van der Waals surface area contributed by atoms with Crippen molar-refractivity contribution in [3.05, 3.63) is 40.8 Å². The fraction of sp³-hybridized carbons (Fsp3) is 0.357. The predicted molar refractivity (Wildman–Crippen MR) is 66.8 cm³/mol. The van der Waals surface area contributed by atoms with Gasteiger partial charge in [-0.25, -0.2) is 0 Å². The van der Waals surface area contributed by atoms with Crippen LogP contribution in [0.4, 0.5) is 0 Å². The second kappa shape index (κ2) is 4.00. The van der Waals surface area contributed by atoms with Crippen LogP contribution in [-0.2, 0) is 13.0 Å². The average molecular weight is 228 g/mol. The summed E-state index contributed by atoms with van der Waals surface area (Å²) in [5, 5.41) is 7.42. The maximum atomic E-state index is 5.23. The van der Waals surface area contributed by atoms with Crippen LogP contribution >= 0.6 is 0 Å². The first-order valence-corrected chi connectivity index (χ1v) is 6.01. The Kier molecular flexibility index (Phi) is 2.48. The van der Waals surface area contributed by atoms with Gasteiger partial charge in [-0.05, 0) is 49.6 Å². The van der Waals surface area contributed by atoms with E-state index in [2.05, 4.69) is 28.7 Å². The van der Waals surface area contributed by atoms with Crippen LogP contribution in [0.2, 0.25) is 0 Å².